The summed E-state index contributed by atoms with van der Waals surface area (Å²) in [5.74, 6) is 0. The van der Waals surface area contributed by atoms with E-state index in [1.165, 1.54) is 86.9 Å². The van der Waals surface area contributed by atoms with Gasteiger partial charge < -0.3 is 13.8 Å². The lowest BCUT2D eigenvalue weighted by Gasteiger charge is -2.42. The number of thiophene rings is 1. The number of para-hydroxylation sites is 2. The van der Waals surface area contributed by atoms with Crippen molar-refractivity contribution in [2.45, 2.75) is 52.4 Å². The molecule has 0 bridgehead atoms. The Morgan fingerprint density at radius 3 is 2.05 bits per heavy atom. The van der Waals surface area contributed by atoms with E-state index in [2.05, 4.69) is 190 Å². The summed E-state index contributed by atoms with van der Waals surface area (Å²) in [5, 5.41) is 6.33. The molecule has 0 unspecified atom stereocenters. The summed E-state index contributed by atoms with van der Waals surface area (Å²) < 4.78 is 10.8. The molecule has 12 rings (SSSR count). The lowest BCUT2D eigenvalue weighted by Crippen LogP contribution is -2.56. The molecule has 3 nitrogen and oxygen atoms in total. The van der Waals surface area contributed by atoms with Crippen molar-refractivity contribution in [2.75, 3.05) is 4.90 Å². The van der Waals surface area contributed by atoms with Gasteiger partial charge in [-0.1, -0.05) is 145 Å². The molecule has 0 saturated heterocycles. The van der Waals surface area contributed by atoms with Crippen LogP contribution in [0.2, 0.25) is 0 Å². The van der Waals surface area contributed by atoms with Gasteiger partial charge >= 0.3 is 6.85 Å². The van der Waals surface area contributed by atoms with Crippen LogP contribution in [0, 0.1) is 0 Å². The van der Waals surface area contributed by atoms with Crippen molar-refractivity contribution in [1.82, 2.24) is 4.48 Å². The van der Waals surface area contributed by atoms with Crippen molar-refractivity contribution < 1.29 is 4.42 Å². The molecule has 3 aromatic heterocycles. The Bertz CT molecular complexity index is 3330. The molecule has 5 heteroatoms. The molecular weight excluding hydrogens is 711 g/mol. The van der Waals surface area contributed by atoms with E-state index in [1.807, 2.05) is 11.3 Å². The number of fused-ring (bicyclic) bond motifs is 12. The number of anilines is 3. The Morgan fingerprint density at radius 2 is 1.25 bits per heavy atom. The number of nitrogens with zero attached hydrogens (tertiary/aromatic N) is 2. The maximum absolute atomic E-state index is 6.73. The van der Waals surface area contributed by atoms with Crippen molar-refractivity contribution >= 4 is 99.3 Å². The monoisotopic (exact) mass is 752 g/mol. The molecule has 5 heterocycles. The predicted octanol–water partition coefficient (Wildman–Crippen LogP) is 13.6. The van der Waals surface area contributed by atoms with Gasteiger partial charge in [0, 0.05) is 65.7 Å². The van der Waals surface area contributed by atoms with Gasteiger partial charge in [0.05, 0.1) is 10.5 Å². The third-order valence-electron chi connectivity index (χ3n) is 12.7. The normalized spacial score (nSPS) is 13.7. The topological polar surface area (TPSA) is 21.3 Å². The molecule has 0 spiro atoms. The van der Waals surface area contributed by atoms with Gasteiger partial charge in [0.2, 0.25) is 0 Å². The largest absolute Gasteiger partial charge is 0.456 e. The number of rotatable bonds is 2. The number of aromatic nitrogens is 1. The van der Waals surface area contributed by atoms with E-state index in [1.54, 1.807) is 0 Å². The Kier molecular flexibility index (Phi) is 6.57. The van der Waals surface area contributed by atoms with Crippen LogP contribution < -0.4 is 15.8 Å². The number of furan rings is 1. The average molecular weight is 753 g/mol. The van der Waals surface area contributed by atoms with Crippen LogP contribution in [0.1, 0.15) is 52.7 Å². The summed E-state index contributed by atoms with van der Waals surface area (Å²) >= 11 is 1.93. The minimum Gasteiger partial charge on any atom is -0.456 e. The van der Waals surface area contributed by atoms with E-state index in [4.69, 9.17) is 4.42 Å². The molecule has 2 aliphatic heterocycles. The van der Waals surface area contributed by atoms with Crippen LogP contribution in [0.5, 0.6) is 0 Å². The fourth-order valence-electron chi connectivity index (χ4n) is 9.85. The van der Waals surface area contributed by atoms with E-state index in [9.17, 15) is 0 Å². The summed E-state index contributed by atoms with van der Waals surface area (Å²) in [7, 11) is 0. The fraction of sp³-hybridized carbons (Fsp3) is 0.154. The van der Waals surface area contributed by atoms with Crippen LogP contribution in [-0.4, -0.2) is 11.3 Å². The van der Waals surface area contributed by atoms with Crippen molar-refractivity contribution in [2.24, 2.45) is 0 Å². The van der Waals surface area contributed by atoms with Gasteiger partial charge in [-0.2, -0.15) is 0 Å². The summed E-state index contributed by atoms with van der Waals surface area (Å²) in [5.41, 5.74) is 17.0. The second kappa shape index (κ2) is 11.3. The highest BCUT2D eigenvalue weighted by Crippen LogP contribution is 2.51. The molecule has 0 radical (unpaired) electrons. The van der Waals surface area contributed by atoms with E-state index < -0.39 is 0 Å². The highest BCUT2D eigenvalue weighted by atomic mass is 32.1. The molecule has 10 aromatic rings. The van der Waals surface area contributed by atoms with Gasteiger partial charge in [-0.05, 0) is 74.3 Å². The summed E-state index contributed by atoms with van der Waals surface area (Å²) in [4.78, 5) is 3.91. The molecule has 2 aliphatic rings. The quantitative estimate of drug-likeness (QED) is 0.164. The second-order valence-corrected chi connectivity index (χ2v) is 19.2. The van der Waals surface area contributed by atoms with Crippen LogP contribution in [0.25, 0.3) is 75.4 Å². The molecule has 57 heavy (non-hydrogen) atoms. The van der Waals surface area contributed by atoms with Gasteiger partial charge in [-0.15, -0.1) is 11.3 Å². The lowest BCUT2D eigenvalue weighted by atomic mass is 9.45. The first-order chi connectivity index (χ1) is 27.5. The Morgan fingerprint density at radius 1 is 0.526 bits per heavy atom. The maximum Gasteiger partial charge on any atom is 0.333 e. The maximum atomic E-state index is 6.73. The van der Waals surface area contributed by atoms with Crippen LogP contribution in [-0.2, 0) is 10.8 Å². The lowest BCUT2D eigenvalue weighted by molar-refractivity contribution is 0.590. The van der Waals surface area contributed by atoms with Crippen LogP contribution in [0.4, 0.5) is 17.1 Å². The van der Waals surface area contributed by atoms with Gasteiger partial charge in [0.25, 0.3) is 0 Å². The number of hydrogen-bond donors (Lipinski definition) is 0. The Hall–Kier alpha value is -6.04. The SMILES string of the molecule is CC(C)(C)c1ccc(N2c3cc4oc5ccccc5c4cc3B3c4c(cc(C(C)(C)C)cc42)-c2cccc4c5c6ccccc6sc5n3c24)c(-c2ccccc2)c1. The fourth-order valence-corrected chi connectivity index (χ4v) is 11.1. The van der Waals surface area contributed by atoms with Gasteiger partial charge in [-0.3, -0.25) is 0 Å². The molecule has 7 aromatic carbocycles. The summed E-state index contributed by atoms with van der Waals surface area (Å²) in [6.45, 7) is 13.9. The van der Waals surface area contributed by atoms with Crippen LogP contribution in [0.3, 0.4) is 0 Å². The summed E-state index contributed by atoms with van der Waals surface area (Å²) in [6, 6.07) is 52.4. The van der Waals surface area contributed by atoms with E-state index in [-0.39, 0.29) is 17.7 Å². The number of hydrogen-bond acceptors (Lipinski definition) is 3. The average Bonchev–Trinajstić information content (AvgIpc) is 3.87. The van der Waals surface area contributed by atoms with Crippen molar-refractivity contribution in [1.29, 1.82) is 0 Å². The van der Waals surface area contributed by atoms with Gasteiger partial charge in [-0.25, -0.2) is 0 Å². The third kappa shape index (κ3) is 4.55. The highest BCUT2D eigenvalue weighted by molar-refractivity contribution is 7.26. The van der Waals surface area contributed by atoms with E-state index in [0.29, 0.717) is 0 Å². The molecule has 274 valence electrons. The van der Waals surface area contributed by atoms with E-state index in [0.717, 1.165) is 27.6 Å². The molecule has 0 fully saturated rings. The molecule has 0 saturated carbocycles. The Balaban J connectivity index is 1.28. The van der Waals surface area contributed by atoms with Crippen molar-refractivity contribution in [3.8, 4) is 22.3 Å². The van der Waals surface area contributed by atoms with Crippen molar-refractivity contribution in [3.05, 3.63) is 151 Å². The minimum absolute atomic E-state index is 0.0160. The number of benzene rings is 7. The second-order valence-electron chi connectivity index (χ2n) is 18.1. The van der Waals surface area contributed by atoms with E-state index >= 15 is 0 Å². The van der Waals surface area contributed by atoms with Crippen molar-refractivity contribution in [3.63, 3.8) is 0 Å². The minimum atomic E-state index is -0.0854. The summed E-state index contributed by atoms with van der Waals surface area (Å²) in [6.07, 6.45) is 0. The van der Waals surface area contributed by atoms with Gasteiger partial charge in [0.15, 0.2) is 0 Å². The zero-order valence-corrected chi connectivity index (χ0v) is 33.9. The first-order valence-corrected chi connectivity index (χ1v) is 20.9. The predicted molar refractivity (Wildman–Crippen MR) is 245 cm³/mol. The Labute approximate surface area is 336 Å². The first kappa shape index (κ1) is 33.1. The smallest absolute Gasteiger partial charge is 0.333 e. The zero-order chi connectivity index (χ0) is 38.5. The molecule has 0 N–H and O–H groups in total. The highest BCUT2D eigenvalue weighted by Gasteiger charge is 2.45. The van der Waals surface area contributed by atoms with Crippen LogP contribution in [0.15, 0.2) is 144 Å². The molecule has 0 aliphatic carbocycles. The third-order valence-corrected chi connectivity index (χ3v) is 13.8. The first-order valence-electron chi connectivity index (χ1n) is 20.1. The standard InChI is InChI=1S/C52H41BN2OS/c1-51(2,3)31-23-24-41(37(25-31)30-15-8-7-9-16-30)54-42-29-45-38(33-17-10-12-21-44(33)56-45)28-40(42)53-48-39(26-32(27-43(48)54)52(4,5)6)34-19-14-20-36-47-35-18-11-13-22-46(35)57-50(47)55(53)49(34)36/h7-29H,1-6H3. The molecule has 0 atom stereocenters. The van der Waals surface area contributed by atoms with Gasteiger partial charge in [0.1, 0.15) is 11.2 Å². The van der Waals surface area contributed by atoms with Crippen LogP contribution >= 0.6 is 11.3 Å². The molecule has 0 amide bonds. The molecular formula is C52H41BN2OS. The zero-order valence-electron chi connectivity index (χ0n) is 33.1.